The number of hydrogen-bond acceptors (Lipinski definition) is 5. The van der Waals surface area contributed by atoms with Gasteiger partial charge in [-0.05, 0) is 37.0 Å². The van der Waals surface area contributed by atoms with Crippen molar-refractivity contribution in [3.63, 3.8) is 0 Å². The lowest BCUT2D eigenvalue weighted by Gasteiger charge is -2.36. The first-order valence-electron chi connectivity index (χ1n) is 12.9. The van der Waals surface area contributed by atoms with E-state index in [1.165, 1.54) is 0 Å². The summed E-state index contributed by atoms with van der Waals surface area (Å²) in [4.78, 5) is 4.71. The summed E-state index contributed by atoms with van der Waals surface area (Å²) in [6.45, 7) is 17.5. The molecule has 1 aromatic carbocycles. The maximum absolute atomic E-state index is 6.55. The summed E-state index contributed by atoms with van der Waals surface area (Å²) in [5, 5.41) is 6.16. The van der Waals surface area contributed by atoms with Gasteiger partial charge in [-0.25, -0.2) is 0 Å². The van der Waals surface area contributed by atoms with Crippen molar-refractivity contribution in [2.24, 2.45) is 7.05 Å². The summed E-state index contributed by atoms with van der Waals surface area (Å²) in [6, 6.07) is 10.3. The van der Waals surface area contributed by atoms with E-state index >= 15 is 0 Å². The van der Waals surface area contributed by atoms with Gasteiger partial charge in [-0.2, -0.15) is 10.1 Å². The molecule has 0 radical (unpaired) electrons. The summed E-state index contributed by atoms with van der Waals surface area (Å²) < 4.78 is 20.5. The largest absolute Gasteiger partial charge is 0.478 e. The molecule has 0 spiro atoms. The van der Waals surface area contributed by atoms with Gasteiger partial charge in [0.1, 0.15) is 5.69 Å². The van der Waals surface area contributed by atoms with Crippen LogP contribution in [-0.4, -0.2) is 36.3 Å². The minimum absolute atomic E-state index is 0.163. The zero-order valence-electron chi connectivity index (χ0n) is 22.9. The lowest BCUT2D eigenvalue weighted by molar-refractivity contribution is 0.274. The fraction of sp³-hybridized carbons (Fsp3) is 0.571. The van der Waals surface area contributed by atoms with Gasteiger partial charge in [0.2, 0.25) is 11.8 Å². The maximum Gasteiger partial charge on any atom is 0.226 e. The van der Waals surface area contributed by atoms with Crippen molar-refractivity contribution < 1.29 is 13.9 Å². The smallest absolute Gasteiger partial charge is 0.226 e. The van der Waals surface area contributed by atoms with E-state index < -0.39 is 8.32 Å². The van der Waals surface area contributed by atoms with Gasteiger partial charge in [0.05, 0.1) is 30.9 Å². The van der Waals surface area contributed by atoms with Crippen molar-refractivity contribution in [1.29, 1.82) is 0 Å². The Morgan fingerprint density at radius 2 is 1.63 bits per heavy atom. The lowest BCUT2D eigenvalue weighted by atomic mass is 10.1. The number of unbranched alkanes of at least 4 members (excludes halogenated alkanes) is 2. The van der Waals surface area contributed by atoms with E-state index in [0.29, 0.717) is 31.6 Å². The molecule has 0 saturated carbocycles. The minimum atomic E-state index is -1.87. The molecule has 35 heavy (non-hydrogen) atoms. The highest BCUT2D eigenvalue weighted by molar-refractivity contribution is 6.74. The number of ether oxygens (including phenoxy) is 2. The zero-order valence-corrected chi connectivity index (χ0v) is 23.9. The quantitative estimate of drug-likeness (QED) is 0.191. The molecule has 0 saturated heterocycles. The number of nitrogens with zero attached hydrogens (tertiary/aromatic N) is 3. The molecule has 6 nitrogen and oxygen atoms in total. The van der Waals surface area contributed by atoms with Gasteiger partial charge >= 0.3 is 0 Å². The van der Waals surface area contributed by atoms with Crippen LogP contribution >= 0.6 is 0 Å². The molecule has 7 heteroatoms. The number of aryl methyl sites for hydroxylation is 1. The monoisotopic (exact) mass is 497 g/mol. The lowest BCUT2D eigenvalue weighted by Crippen LogP contribution is -2.40. The number of benzene rings is 1. The van der Waals surface area contributed by atoms with Crippen molar-refractivity contribution >= 4 is 19.2 Å². The first-order valence-corrected chi connectivity index (χ1v) is 15.9. The molecule has 0 N–H and O–H groups in total. The predicted molar refractivity (Wildman–Crippen MR) is 147 cm³/mol. The number of rotatable bonds is 12. The topological polar surface area (TPSA) is 58.4 Å². The minimum Gasteiger partial charge on any atom is -0.478 e. The maximum atomic E-state index is 6.55. The summed E-state index contributed by atoms with van der Waals surface area (Å²) in [6.07, 6.45) is 4.12. The first-order chi connectivity index (χ1) is 16.6. The fourth-order valence-corrected chi connectivity index (χ4v) is 4.59. The molecular formula is C28H43N3O3Si. The average Bonchev–Trinajstić information content (AvgIpc) is 3.14. The molecule has 0 unspecified atom stereocenters. The Morgan fingerprint density at radius 3 is 2.29 bits per heavy atom. The van der Waals surface area contributed by atoms with E-state index in [1.807, 2.05) is 23.9 Å². The Bertz CT molecular complexity index is 1120. The van der Waals surface area contributed by atoms with Crippen LogP contribution in [0, 0.1) is 0 Å². The van der Waals surface area contributed by atoms with Crippen LogP contribution in [0.1, 0.15) is 65.9 Å². The highest BCUT2D eigenvalue weighted by atomic mass is 28.4. The number of aromatic nitrogens is 3. The van der Waals surface area contributed by atoms with E-state index in [9.17, 15) is 0 Å². The van der Waals surface area contributed by atoms with Gasteiger partial charge in [-0.15, -0.1) is 0 Å². The second kappa shape index (κ2) is 11.6. The molecule has 0 aliphatic heterocycles. The molecule has 3 aromatic rings. The van der Waals surface area contributed by atoms with Gasteiger partial charge < -0.3 is 13.9 Å². The summed E-state index contributed by atoms with van der Waals surface area (Å²) in [7, 11) is 0.124. The van der Waals surface area contributed by atoms with Crippen LogP contribution in [0.5, 0.6) is 11.8 Å². The number of pyridine rings is 1. The van der Waals surface area contributed by atoms with Gasteiger partial charge in [-0.3, -0.25) is 4.68 Å². The Morgan fingerprint density at radius 1 is 0.943 bits per heavy atom. The van der Waals surface area contributed by atoms with Crippen LogP contribution in [0.3, 0.4) is 0 Å². The molecule has 2 aromatic heterocycles. The molecule has 3 rings (SSSR count). The van der Waals surface area contributed by atoms with Crippen LogP contribution in [0.25, 0.3) is 22.2 Å². The van der Waals surface area contributed by atoms with Crippen LogP contribution in [0.4, 0.5) is 0 Å². The molecule has 0 aliphatic carbocycles. The van der Waals surface area contributed by atoms with E-state index in [0.717, 1.165) is 53.4 Å². The van der Waals surface area contributed by atoms with Gasteiger partial charge in [0.25, 0.3) is 0 Å². The molecule has 0 bridgehead atoms. The Kier molecular flexibility index (Phi) is 8.99. The van der Waals surface area contributed by atoms with Crippen LogP contribution in [-0.2, 0) is 18.1 Å². The second-order valence-electron chi connectivity index (χ2n) is 10.7. The number of para-hydroxylation sites is 1. The summed E-state index contributed by atoms with van der Waals surface area (Å²) in [5.74, 6) is 1.17. The van der Waals surface area contributed by atoms with Crippen LogP contribution in [0.15, 0.2) is 30.3 Å². The normalized spacial score (nSPS) is 12.3. The van der Waals surface area contributed by atoms with Gasteiger partial charge in [-0.1, -0.05) is 65.7 Å². The van der Waals surface area contributed by atoms with E-state index in [-0.39, 0.29) is 5.04 Å². The van der Waals surface area contributed by atoms with Crippen molar-refractivity contribution in [1.82, 2.24) is 14.8 Å². The molecule has 0 amide bonds. The molecule has 2 heterocycles. The number of fused-ring (bicyclic) bond motifs is 1. The van der Waals surface area contributed by atoms with Gasteiger partial charge in [0, 0.05) is 24.1 Å². The predicted octanol–water partition coefficient (Wildman–Crippen LogP) is 7.51. The SMILES string of the molecule is CCCCOc1ccc(-c2nn(C)c3c(CO[Si](C)(C)C(C)(C)C)cccc23)c(OCCCC)n1. The van der Waals surface area contributed by atoms with E-state index in [1.54, 1.807) is 0 Å². The van der Waals surface area contributed by atoms with Crippen molar-refractivity contribution in [3.8, 4) is 23.0 Å². The summed E-state index contributed by atoms with van der Waals surface area (Å²) >= 11 is 0. The third-order valence-electron chi connectivity index (χ3n) is 6.92. The van der Waals surface area contributed by atoms with Crippen molar-refractivity contribution in [3.05, 3.63) is 35.9 Å². The Labute approximate surface area is 212 Å². The molecule has 192 valence electrons. The third kappa shape index (κ3) is 6.44. The molecule has 0 atom stereocenters. The van der Waals surface area contributed by atoms with Crippen molar-refractivity contribution in [2.75, 3.05) is 13.2 Å². The van der Waals surface area contributed by atoms with Gasteiger partial charge in [0.15, 0.2) is 8.32 Å². The standard InChI is InChI=1S/C28H43N3O3Si/c1-9-11-18-32-24-17-16-23(27(29-24)33-19-12-10-2)25-22-15-13-14-21(26(22)31(6)30-25)20-34-35(7,8)28(3,4)5/h13-17H,9-12,18-20H2,1-8H3. The molecule has 0 fully saturated rings. The highest BCUT2D eigenvalue weighted by Crippen LogP contribution is 2.39. The van der Waals surface area contributed by atoms with Crippen molar-refractivity contribution in [2.45, 2.75) is 85.0 Å². The average molecular weight is 498 g/mol. The van der Waals surface area contributed by atoms with E-state index in [2.05, 4.69) is 65.9 Å². The highest BCUT2D eigenvalue weighted by Gasteiger charge is 2.37. The Hall–Kier alpha value is -2.38. The molecular weight excluding hydrogens is 454 g/mol. The van der Waals surface area contributed by atoms with E-state index in [4.69, 9.17) is 24.0 Å². The summed E-state index contributed by atoms with van der Waals surface area (Å²) in [5.41, 5.74) is 3.99. The Balaban J connectivity index is 1.99. The second-order valence-corrected chi connectivity index (χ2v) is 15.6. The molecule has 0 aliphatic rings. The van der Waals surface area contributed by atoms with Crippen LogP contribution < -0.4 is 9.47 Å². The van der Waals surface area contributed by atoms with Crippen LogP contribution in [0.2, 0.25) is 18.1 Å². The zero-order chi connectivity index (χ0) is 25.6. The third-order valence-corrected chi connectivity index (χ3v) is 11.4. The fourth-order valence-electron chi connectivity index (χ4n) is 3.64. The number of hydrogen-bond donors (Lipinski definition) is 0. The first kappa shape index (κ1) is 27.2.